The molecule has 0 bridgehead atoms. The fraction of sp³-hybridized carbons (Fsp3) is 0.214. The van der Waals surface area contributed by atoms with Crippen LogP contribution in [0.5, 0.6) is 0 Å². The zero-order valence-corrected chi connectivity index (χ0v) is 12.4. The molecule has 0 fully saturated rings. The highest BCUT2D eigenvalue weighted by Gasteiger charge is 2.45. The van der Waals surface area contributed by atoms with Crippen molar-refractivity contribution < 1.29 is 39.5 Å². The average molecular weight is 398 g/mol. The van der Waals surface area contributed by atoms with Crippen molar-refractivity contribution in [3.8, 4) is 18.2 Å². The Hall–Kier alpha value is -3.40. The number of halogens is 9. The minimum absolute atomic E-state index is 0.578. The SMILES string of the molecule is N#CC(C#N)=C(C#N)Nc1c(C(F)(F)F)cc(C(F)(F)F)cc1C(F)(F)F. The monoisotopic (exact) mass is 398 g/mol. The molecule has 27 heavy (non-hydrogen) atoms. The molecule has 13 heteroatoms. The van der Waals surface area contributed by atoms with E-state index in [0.29, 0.717) is 0 Å². The zero-order valence-electron chi connectivity index (χ0n) is 12.4. The number of allylic oxidation sites excluding steroid dienone is 2. The summed E-state index contributed by atoms with van der Waals surface area (Å²) < 4.78 is 117. The highest BCUT2D eigenvalue weighted by Crippen LogP contribution is 2.46. The first-order valence-electron chi connectivity index (χ1n) is 6.28. The first-order valence-corrected chi connectivity index (χ1v) is 6.28. The fourth-order valence-electron chi connectivity index (χ4n) is 1.80. The number of hydrogen-bond donors (Lipinski definition) is 1. The summed E-state index contributed by atoms with van der Waals surface area (Å²) in [5.74, 6) is 0. The molecule has 142 valence electrons. The Morgan fingerprint density at radius 1 is 0.704 bits per heavy atom. The van der Waals surface area contributed by atoms with Crippen molar-refractivity contribution in [1.29, 1.82) is 15.8 Å². The Balaban J connectivity index is 3.98. The van der Waals surface area contributed by atoms with Gasteiger partial charge in [0.25, 0.3) is 0 Å². The van der Waals surface area contributed by atoms with E-state index in [9.17, 15) is 39.5 Å². The number of rotatable bonds is 2. The van der Waals surface area contributed by atoms with E-state index in [1.54, 1.807) is 0 Å². The molecule has 0 aliphatic rings. The van der Waals surface area contributed by atoms with Gasteiger partial charge in [0.05, 0.1) is 22.4 Å². The van der Waals surface area contributed by atoms with Gasteiger partial charge in [0.15, 0.2) is 5.57 Å². The topological polar surface area (TPSA) is 83.4 Å². The molecular formula is C14H3F9N4. The lowest BCUT2D eigenvalue weighted by Gasteiger charge is -2.22. The molecule has 1 rings (SSSR count). The number of anilines is 1. The van der Waals surface area contributed by atoms with Gasteiger partial charge in [-0.2, -0.15) is 55.3 Å². The molecule has 0 saturated heterocycles. The van der Waals surface area contributed by atoms with Crippen LogP contribution in [-0.4, -0.2) is 0 Å². The van der Waals surface area contributed by atoms with Gasteiger partial charge in [-0.05, 0) is 12.1 Å². The lowest BCUT2D eigenvalue weighted by molar-refractivity contribution is -0.147. The molecule has 0 amide bonds. The van der Waals surface area contributed by atoms with E-state index in [-0.39, 0.29) is 0 Å². The third-order valence-corrected chi connectivity index (χ3v) is 2.91. The highest BCUT2D eigenvalue weighted by atomic mass is 19.4. The summed E-state index contributed by atoms with van der Waals surface area (Å²) in [6.07, 6.45) is -16.9. The molecule has 0 unspecified atom stereocenters. The van der Waals surface area contributed by atoms with Crippen molar-refractivity contribution in [3.05, 3.63) is 40.1 Å². The third-order valence-electron chi connectivity index (χ3n) is 2.91. The van der Waals surface area contributed by atoms with Gasteiger partial charge in [-0.15, -0.1) is 0 Å². The Morgan fingerprint density at radius 3 is 1.37 bits per heavy atom. The van der Waals surface area contributed by atoms with Gasteiger partial charge in [0, 0.05) is 0 Å². The van der Waals surface area contributed by atoms with Crippen LogP contribution >= 0.6 is 0 Å². The van der Waals surface area contributed by atoms with Crippen molar-refractivity contribution in [1.82, 2.24) is 0 Å². The molecule has 0 spiro atoms. The summed E-state index contributed by atoms with van der Waals surface area (Å²) >= 11 is 0. The molecule has 0 aromatic heterocycles. The standard InChI is InChI=1S/C14H3F9N4/c15-12(16,17)7-1-8(13(18,19)20)11(9(2-7)14(21,22)23)27-10(5-26)6(3-24)4-25/h1-2,27H. The maximum absolute atomic E-state index is 13.1. The summed E-state index contributed by atoms with van der Waals surface area (Å²) in [7, 11) is 0. The molecule has 4 nitrogen and oxygen atoms in total. The van der Waals surface area contributed by atoms with E-state index in [2.05, 4.69) is 0 Å². The number of benzene rings is 1. The summed E-state index contributed by atoms with van der Waals surface area (Å²) in [5.41, 5.74) is -11.4. The Labute approximate surface area is 144 Å². The van der Waals surface area contributed by atoms with E-state index in [1.165, 1.54) is 5.32 Å². The van der Waals surface area contributed by atoms with Crippen LogP contribution in [0.3, 0.4) is 0 Å². The number of nitrogens with one attached hydrogen (secondary N) is 1. The van der Waals surface area contributed by atoms with Crippen LogP contribution in [0, 0.1) is 34.0 Å². The van der Waals surface area contributed by atoms with Gasteiger partial charge in [0.2, 0.25) is 0 Å². The summed E-state index contributed by atoms with van der Waals surface area (Å²) in [5, 5.41) is 27.3. The molecule has 0 heterocycles. The summed E-state index contributed by atoms with van der Waals surface area (Å²) in [6, 6.07) is 2.00. The van der Waals surface area contributed by atoms with Crippen LogP contribution in [0.15, 0.2) is 23.4 Å². The zero-order chi connectivity index (χ0) is 21.2. The normalized spacial score (nSPS) is 11.8. The highest BCUT2D eigenvalue weighted by molar-refractivity contribution is 5.68. The second-order valence-electron chi connectivity index (χ2n) is 4.65. The van der Waals surface area contributed by atoms with Gasteiger partial charge in [-0.3, -0.25) is 0 Å². The van der Waals surface area contributed by atoms with E-state index < -0.39 is 64.3 Å². The van der Waals surface area contributed by atoms with Crippen LogP contribution in [0.25, 0.3) is 0 Å². The number of hydrogen-bond acceptors (Lipinski definition) is 4. The molecule has 0 aliphatic heterocycles. The van der Waals surface area contributed by atoms with E-state index >= 15 is 0 Å². The maximum Gasteiger partial charge on any atom is 0.418 e. The number of alkyl halides is 9. The predicted octanol–water partition coefficient (Wildman–Crippen LogP) is 4.98. The first-order chi connectivity index (χ1) is 12.2. The Bertz CT molecular complexity index is 848. The molecule has 0 aliphatic carbocycles. The molecule has 1 aromatic carbocycles. The quantitative estimate of drug-likeness (QED) is 0.563. The van der Waals surface area contributed by atoms with E-state index in [0.717, 1.165) is 18.2 Å². The van der Waals surface area contributed by atoms with Crippen molar-refractivity contribution in [3.63, 3.8) is 0 Å². The largest absolute Gasteiger partial charge is 0.418 e. The Morgan fingerprint density at radius 2 is 1.11 bits per heavy atom. The van der Waals surface area contributed by atoms with Crippen molar-refractivity contribution >= 4 is 5.69 Å². The van der Waals surface area contributed by atoms with Gasteiger partial charge in [0.1, 0.15) is 23.9 Å². The lowest BCUT2D eigenvalue weighted by atomic mass is 10.0. The van der Waals surface area contributed by atoms with Crippen LogP contribution in [0.2, 0.25) is 0 Å². The third kappa shape index (κ3) is 4.82. The molecular weight excluding hydrogens is 395 g/mol. The molecule has 0 radical (unpaired) electrons. The van der Waals surface area contributed by atoms with E-state index in [1.807, 2.05) is 0 Å². The first kappa shape index (κ1) is 21.6. The second kappa shape index (κ2) is 7.08. The van der Waals surface area contributed by atoms with Crippen LogP contribution in [0.4, 0.5) is 45.2 Å². The number of nitriles is 3. The average Bonchev–Trinajstić information content (AvgIpc) is 2.51. The van der Waals surface area contributed by atoms with Crippen molar-refractivity contribution in [2.24, 2.45) is 0 Å². The predicted molar refractivity (Wildman–Crippen MR) is 68.9 cm³/mol. The minimum atomic E-state index is -5.69. The van der Waals surface area contributed by atoms with Crippen molar-refractivity contribution in [2.75, 3.05) is 5.32 Å². The van der Waals surface area contributed by atoms with Gasteiger partial charge in [-0.1, -0.05) is 0 Å². The molecule has 1 aromatic rings. The van der Waals surface area contributed by atoms with Gasteiger partial charge < -0.3 is 5.32 Å². The molecule has 1 N–H and O–H groups in total. The molecule has 0 atom stereocenters. The number of nitrogens with zero attached hydrogens (tertiary/aromatic N) is 3. The Kier molecular flexibility index (Phi) is 5.67. The fourth-order valence-corrected chi connectivity index (χ4v) is 1.80. The van der Waals surface area contributed by atoms with Gasteiger partial charge in [-0.25, -0.2) is 0 Å². The van der Waals surface area contributed by atoms with Crippen LogP contribution in [-0.2, 0) is 18.5 Å². The van der Waals surface area contributed by atoms with Crippen LogP contribution in [0.1, 0.15) is 16.7 Å². The van der Waals surface area contributed by atoms with Gasteiger partial charge >= 0.3 is 18.5 Å². The minimum Gasteiger partial charge on any atom is -0.344 e. The maximum atomic E-state index is 13.1. The summed E-state index contributed by atoms with van der Waals surface area (Å²) in [4.78, 5) is 0. The van der Waals surface area contributed by atoms with Crippen molar-refractivity contribution in [2.45, 2.75) is 18.5 Å². The molecule has 0 saturated carbocycles. The second-order valence-corrected chi connectivity index (χ2v) is 4.65. The van der Waals surface area contributed by atoms with E-state index in [4.69, 9.17) is 15.8 Å². The smallest absolute Gasteiger partial charge is 0.344 e. The summed E-state index contributed by atoms with van der Waals surface area (Å²) in [6.45, 7) is 0. The lowest BCUT2D eigenvalue weighted by Crippen LogP contribution is -2.20. The van der Waals surface area contributed by atoms with Crippen LogP contribution < -0.4 is 5.32 Å².